The predicted octanol–water partition coefficient (Wildman–Crippen LogP) is 6.07. The number of para-hydroxylation sites is 3. The standard InChI is InChI=1S/C20H14N2OS/c1-2-7-15(8-3-1)22(24-21-13-14-21)18-11-6-10-17-16-9-4-5-12-19(16)23-20(17)18/h1-14H. The van der Waals surface area contributed by atoms with Crippen LogP contribution in [0.2, 0.25) is 0 Å². The summed E-state index contributed by atoms with van der Waals surface area (Å²) in [6.07, 6.45) is 4.08. The van der Waals surface area contributed by atoms with Gasteiger partial charge in [0.15, 0.2) is 5.58 Å². The van der Waals surface area contributed by atoms with Gasteiger partial charge in [0.2, 0.25) is 0 Å². The molecule has 2 heterocycles. The number of benzene rings is 3. The van der Waals surface area contributed by atoms with Crippen molar-refractivity contribution in [1.29, 1.82) is 0 Å². The fraction of sp³-hybridized carbons (Fsp3) is 0. The van der Waals surface area contributed by atoms with Gasteiger partial charge in [-0.05, 0) is 24.3 Å². The molecule has 0 fully saturated rings. The Bertz CT molecular complexity index is 1050. The van der Waals surface area contributed by atoms with Crippen molar-refractivity contribution in [3.8, 4) is 0 Å². The number of rotatable bonds is 4. The molecule has 0 atom stereocenters. The van der Waals surface area contributed by atoms with Gasteiger partial charge in [-0.2, -0.15) is 0 Å². The molecule has 0 amide bonds. The van der Waals surface area contributed by atoms with E-state index >= 15 is 0 Å². The molecule has 0 saturated heterocycles. The van der Waals surface area contributed by atoms with Crippen LogP contribution in [0.3, 0.4) is 0 Å². The second kappa shape index (κ2) is 5.35. The summed E-state index contributed by atoms with van der Waals surface area (Å²) >= 11 is 1.64. The Morgan fingerprint density at radius 2 is 1.50 bits per heavy atom. The molecule has 3 aromatic carbocycles. The van der Waals surface area contributed by atoms with Crippen molar-refractivity contribution < 1.29 is 4.42 Å². The van der Waals surface area contributed by atoms with Crippen molar-refractivity contribution >= 4 is 45.4 Å². The van der Waals surface area contributed by atoms with Crippen molar-refractivity contribution in [3.63, 3.8) is 0 Å². The Labute approximate surface area is 144 Å². The molecule has 4 heteroatoms. The first-order chi connectivity index (χ1) is 11.9. The van der Waals surface area contributed by atoms with Crippen LogP contribution in [0.5, 0.6) is 0 Å². The zero-order chi connectivity index (χ0) is 15.9. The molecule has 3 nitrogen and oxygen atoms in total. The predicted molar refractivity (Wildman–Crippen MR) is 101 cm³/mol. The summed E-state index contributed by atoms with van der Waals surface area (Å²) in [4.78, 5) is 0. The summed E-state index contributed by atoms with van der Waals surface area (Å²) in [5.41, 5.74) is 4.00. The highest BCUT2D eigenvalue weighted by Gasteiger charge is 2.21. The van der Waals surface area contributed by atoms with Gasteiger partial charge in [0, 0.05) is 23.2 Å². The van der Waals surface area contributed by atoms with Crippen molar-refractivity contribution in [3.05, 3.63) is 85.2 Å². The van der Waals surface area contributed by atoms with E-state index in [0.29, 0.717) is 0 Å². The largest absolute Gasteiger partial charge is 0.454 e. The number of nitrogens with zero attached hydrogens (tertiary/aromatic N) is 2. The van der Waals surface area contributed by atoms with Crippen LogP contribution in [-0.2, 0) is 0 Å². The van der Waals surface area contributed by atoms with Gasteiger partial charge in [0.1, 0.15) is 5.58 Å². The number of hydrogen-bond acceptors (Lipinski definition) is 4. The van der Waals surface area contributed by atoms with Crippen LogP contribution in [0, 0.1) is 0 Å². The smallest absolute Gasteiger partial charge is 0.160 e. The van der Waals surface area contributed by atoms with E-state index in [0.717, 1.165) is 33.3 Å². The Balaban J connectivity index is 1.73. The molecule has 0 N–H and O–H groups in total. The van der Waals surface area contributed by atoms with Gasteiger partial charge in [0.05, 0.1) is 23.5 Å². The summed E-state index contributed by atoms with van der Waals surface area (Å²) < 4.78 is 10.5. The van der Waals surface area contributed by atoms with E-state index in [9.17, 15) is 0 Å². The zero-order valence-electron chi connectivity index (χ0n) is 12.8. The van der Waals surface area contributed by atoms with E-state index in [4.69, 9.17) is 4.42 Å². The lowest BCUT2D eigenvalue weighted by Gasteiger charge is -2.23. The minimum atomic E-state index is 0.914. The third-order valence-corrected chi connectivity index (χ3v) is 5.04. The van der Waals surface area contributed by atoms with Crippen molar-refractivity contribution in [1.82, 2.24) is 4.31 Å². The van der Waals surface area contributed by atoms with Gasteiger partial charge in [-0.3, -0.25) is 8.61 Å². The van der Waals surface area contributed by atoms with Crippen molar-refractivity contribution in [2.24, 2.45) is 0 Å². The molecule has 0 radical (unpaired) electrons. The average molecular weight is 330 g/mol. The number of furan rings is 1. The van der Waals surface area contributed by atoms with Crippen LogP contribution in [-0.4, -0.2) is 4.31 Å². The summed E-state index contributed by atoms with van der Waals surface area (Å²) in [7, 11) is 0. The molecular weight excluding hydrogens is 316 g/mol. The lowest BCUT2D eigenvalue weighted by Crippen LogP contribution is -2.09. The summed E-state index contributed by atoms with van der Waals surface area (Å²) in [5, 5.41) is 2.29. The molecule has 116 valence electrons. The van der Waals surface area contributed by atoms with E-state index in [-0.39, 0.29) is 0 Å². The first kappa shape index (κ1) is 13.6. The third kappa shape index (κ3) is 2.23. The molecule has 0 unspecified atom stereocenters. The molecular formula is C20H14N2OS. The van der Waals surface area contributed by atoms with Crippen molar-refractivity contribution in [2.45, 2.75) is 0 Å². The second-order valence-corrected chi connectivity index (χ2v) is 6.57. The lowest BCUT2D eigenvalue weighted by atomic mass is 10.1. The maximum atomic E-state index is 6.19. The van der Waals surface area contributed by atoms with Gasteiger partial charge in [-0.15, -0.1) is 0 Å². The highest BCUT2D eigenvalue weighted by atomic mass is 32.2. The fourth-order valence-electron chi connectivity index (χ4n) is 2.86. The Kier molecular flexibility index (Phi) is 3.03. The molecule has 4 aromatic rings. The van der Waals surface area contributed by atoms with Crippen LogP contribution in [0.25, 0.3) is 21.9 Å². The maximum absolute atomic E-state index is 6.19. The SMILES string of the molecule is C1=CN1SN(c1ccccc1)c1cccc2c1oc1ccccc12. The van der Waals surface area contributed by atoms with Gasteiger partial charge in [-0.1, -0.05) is 48.5 Å². The van der Waals surface area contributed by atoms with Crippen LogP contribution in [0.15, 0.2) is 89.6 Å². The monoisotopic (exact) mass is 330 g/mol. The van der Waals surface area contributed by atoms with E-state index in [1.807, 2.05) is 36.7 Å². The molecule has 1 aliphatic rings. The molecule has 5 rings (SSSR count). The normalized spacial score (nSPS) is 12.9. The molecule has 1 aromatic heterocycles. The maximum Gasteiger partial charge on any atom is 0.160 e. The van der Waals surface area contributed by atoms with Crippen LogP contribution >= 0.6 is 12.1 Å². The van der Waals surface area contributed by atoms with E-state index in [1.165, 1.54) is 0 Å². The zero-order valence-corrected chi connectivity index (χ0v) is 13.6. The lowest BCUT2D eigenvalue weighted by molar-refractivity contribution is 0.669. The van der Waals surface area contributed by atoms with Gasteiger partial charge in [-0.25, -0.2) is 0 Å². The van der Waals surface area contributed by atoms with E-state index < -0.39 is 0 Å². The Hall–Kier alpha value is -2.85. The summed E-state index contributed by atoms with van der Waals surface area (Å²) in [6.45, 7) is 0. The summed E-state index contributed by atoms with van der Waals surface area (Å²) in [6, 6.07) is 24.9. The Morgan fingerprint density at radius 1 is 0.750 bits per heavy atom. The van der Waals surface area contributed by atoms with Crippen LogP contribution < -0.4 is 4.31 Å². The molecule has 0 bridgehead atoms. The highest BCUT2D eigenvalue weighted by molar-refractivity contribution is 7.99. The topological polar surface area (TPSA) is 19.4 Å². The molecule has 0 spiro atoms. The van der Waals surface area contributed by atoms with E-state index in [1.54, 1.807) is 12.1 Å². The minimum absolute atomic E-state index is 0.914. The number of anilines is 2. The second-order valence-electron chi connectivity index (χ2n) is 5.62. The van der Waals surface area contributed by atoms with E-state index in [2.05, 4.69) is 57.1 Å². The Morgan fingerprint density at radius 3 is 2.33 bits per heavy atom. The van der Waals surface area contributed by atoms with Crippen LogP contribution in [0.4, 0.5) is 11.4 Å². The molecule has 0 saturated carbocycles. The van der Waals surface area contributed by atoms with Crippen molar-refractivity contribution in [2.75, 3.05) is 4.31 Å². The third-order valence-electron chi connectivity index (χ3n) is 4.04. The highest BCUT2D eigenvalue weighted by Crippen LogP contribution is 2.43. The summed E-state index contributed by atoms with van der Waals surface area (Å²) in [5.74, 6) is 0. The molecule has 1 aliphatic heterocycles. The first-order valence-electron chi connectivity index (χ1n) is 7.80. The molecule has 0 aliphatic carbocycles. The minimum Gasteiger partial charge on any atom is -0.454 e. The number of fused-ring (bicyclic) bond motifs is 3. The van der Waals surface area contributed by atoms with Gasteiger partial charge >= 0.3 is 0 Å². The van der Waals surface area contributed by atoms with Gasteiger partial charge < -0.3 is 4.42 Å². The average Bonchev–Trinajstić information content (AvgIpc) is 3.38. The quantitative estimate of drug-likeness (QED) is 0.422. The first-order valence-corrected chi connectivity index (χ1v) is 8.53. The van der Waals surface area contributed by atoms with Gasteiger partial charge in [0.25, 0.3) is 0 Å². The fourth-order valence-corrected chi connectivity index (χ4v) is 3.66. The number of hydrogen-bond donors (Lipinski definition) is 0. The molecule has 24 heavy (non-hydrogen) atoms. The van der Waals surface area contributed by atoms with Crippen LogP contribution in [0.1, 0.15) is 0 Å².